The van der Waals surface area contributed by atoms with Crippen LogP contribution in [0.2, 0.25) is 18.1 Å². The number of rotatable bonds is 8. The van der Waals surface area contributed by atoms with E-state index in [2.05, 4.69) is 40.8 Å². The first kappa shape index (κ1) is 23.9. The van der Waals surface area contributed by atoms with Gasteiger partial charge in [0.05, 0.1) is 6.61 Å². The molecule has 0 saturated heterocycles. The first-order valence-electron chi connectivity index (χ1n) is 11.7. The summed E-state index contributed by atoms with van der Waals surface area (Å²) in [4.78, 5) is 0. The molecular weight excluding hydrogens is 398 g/mol. The molecule has 3 rings (SSSR count). The Balaban J connectivity index is 1.73. The highest BCUT2D eigenvalue weighted by Gasteiger charge is 2.64. The van der Waals surface area contributed by atoms with E-state index in [4.69, 9.17) is 9.16 Å². The van der Waals surface area contributed by atoms with E-state index in [1.165, 1.54) is 0 Å². The second-order valence-electron chi connectivity index (χ2n) is 10.9. The Morgan fingerprint density at radius 2 is 1.77 bits per heavy atom. The van der Waals surface area contributed by atoms with Gasteiger partial charge in [-0.05, 0) is 54.8 Å². The van der Waals surface area contributed by atoms with Crippen molar-refractivity contribution >= 4 is 8.32 Å². The molecule has 2 nitrogen and oxygen atoms in total. The molecule has 0 radical (unpaired) electrons. The van der Waals surface area contributed by atoms with Crippen molar-refractivity contribution in [3.05, 3.63) is 35.9 Å². The average molecular weight is 439 g/mol. The number of hydrogen-bond acceptors (Lipinski definition) is 2. The highest BCUT2D eigenvalue weighted by atomic mass is 28.4. The summed E-state index contributed by atoms with van der Waals surface area (Å²) in [5.74, 6) is -3.17. The standard InChI is InChI=1S/C25H40F2O2Si/c1-7-8-14-19-20-15-23(28-17-18-12-10-9-11-13-18)25(26,27)21(20)16-22(19)29-30(5,6)24(2,3)4/h9-13,19-23H,7-8,14-17H2,1-6H3/t19-,20-,21+,22-,23-/m1/s1. The van der Waals surface area contributed by atoms with E-state index in [1.807, 2.05) is 30.3 Å². The second kappa shape index (κ2) is 8.99. The van der Waals surface area contributed by atoms with Crippen molar-refractivity contribution in [2.75, 3.05) is 0 Å². The van der Waals surface area contributed by atoms with Gasteiger partial charge in [-0.15, -0.1) is 0 Å². The fraction of sp³-hybridized carbons (Fsp3) is 0.760. The third-order valence-electron chi connectivity index (χ3n) is 7.88. The Bertz CT molecular complexity index is 686. The molecule has 2 aliphatic carbocycles. The fourth-order valence-corrected chi connectivity index (χ4v) is 6.46. The summed E-state index contributed by atoms with van der Waals surface area (Å²) in [6, 6.07) is 9.63. The predicted molar refractivity (Wildman–Crippen MR) is 121 cm³/mol. The van der Waals surface area contributed by atoms with Crippen molar-refractivity contribution < 1.29 is 17.9 Å². The van der Waals surface area contributed by atoms with E-state index in [-0.39, 0.29) is 29.6 Å². The molecule has 170 valence electrons. The smallest absolute Gasteiger partial charge is 0.276 e. The van der Waals surface area contributed by atoms with Gasteiger partial charge in [0.25, 0.3) is 5.92 Å². The lowest BCUT2D eigenvalue weighted by Gasteiger charge is -2.40. The van der Waals surface area contributed by atoms with Crippen LogP contribution in [0.1, 0.15) is 65.4 Å². The van der Waals surface area contributed by atoms with Crippen LogP contribution in [-0.2, 0) is 15.8 Å². The first-order chi connectivity index (χ1) is 14.0. The molecule has 2 aliphatic rings. The van der Waals surface area contributed by atoms with Crippen LogP contribution in [0.3, 0.4) is 0 Å². The van der Waals surface area contributed by atoms with Gasteiger partial charge in [-0.25, -0.2) is 8.78 Å². The summed E-state index contributed by atoms with van der Waals surface area (Å²) in [5, 5.41) is 0.0872. The molecule has 2 fully saturated rings. The van der Waals surface area contributed by atoms with Crippen molar-refractivity contribution in [3.8, 4) is 0 Å². The van der Waals surface area contributed by atoms with Gasteiger partial charge in [0.2, 0.25) is 0 Å². The van der Waals surface area contributed by atoms with Crippen LogP contribution in [-0.4, -0.2) is 26.4 Å². The minimum Gasteiger partial charge on any atom is -0.414 e. The maximum absolute atomic E-state index is 15.4. The number of fused-ring (bicyclic) bond motifs is 1. The monoisotopic (exact) mass is 438 g/mol. The maximum atomic E-state index is 15.4. The van der Waals surface area contributed by atoms with Crippen LogP contribution in [0.15, 0.2) is 30.3 Å². The number of ether oxygens (including phenoxy) is 1. The van der Waals surface area contributed by atoms with Gasteiger partial charge in [0.1, 0.15) is 6.10 Å². The summed E-state index contributed by atoms with van der Waals surface area (Å²) < 4.78 is 43.4. The van der Waals surface area contributed by atoms with E-state index in [1.54, 1.807) is 0 Å². The Kier molecular flexibility index (Phi) is 7.15. The highest BCUT2D eigenvalue weighted by molar-refractivity contribution is 6.74. The van der Waals surface area contributed by atoms with Gasteiger partial charge in [-0.1, -0.05) is 70.9 Å². The lowest BCUT2D eigenvalue weighted by Crippen LogP contribution is -2.45. The molecule has 1 aromatic rings. The van der Waals surface area contributed by atoms with E-state index >= 15 is 8.78 Å². The molecule has 0 spiro atoms. The zero-order valence-electron chi connectivity index (χ0n) is 19.6. The maximum Gasteiger partial charge on any atom is 0.276 e. The van der Waals surface area contributed by atoms with E-state index in [0.29, 0.717) is 12.8 Å². The van der Waals surface area contributed by atoms with Crippen LogP contribution < -0.4 is 0 Å². The van der Waals surface area contributed by atoms with E-state index in [0.717, 1.165) is 24.8 Å². The van der Waals surface area contributed by atoms with E-state index in [9.17, 15) is 0 Å². The molecule has 0 aliphatic heterocycles. The topological polar surface area (TPSA) is 18.5 Å². The van der Waals surface area contributed by atoms with Crippen LogP contribution in [0, 0.1) is 17.8 Å². The average Bonchev–Trinajstić information content (AvgIpc) is 3.11. The molecule has 1 aromatic carbocycles. The third-order valence-corrected chi connectivity index (χ3v) is 12.4. The molecule has 2 saturated carbocycles. The quantitative estimate of drug-likeness (QED) is 0.393. The number of benzene rings is 1. The molecule has 0 N–H and O–H groups in total. The summed E-state index contributed by atoms with van der Waals surface area (Å²) in [5.41, 5.74) is 0.951. The number of hydrogen-bond donors (Lipinski definition) is 0. The van der Waals surface area contributed by atoms with Crippen LogP contribution >= 0.6 is 0 Å². The Morgan fingerprint density at radius 1 is 1.10 bits per heavy atom. The Hall–Kier alpha value is -0.783. The summed E-state index contributed by atoms with van der Waals surface area (Å²) in [6.07, 6.45) is 3.06. The zero-order valence-corrected chi connectivity index (χ0v) is 20.6. The van der Waals surface area contributed by atoms with Gasteiger partial charge < -0.3 is 9.16 Å². The molecule has 0 heterocycles. The molecule has 5 heteroatoms. The number of halogens is 2. The van der Waals surface area contributed by atoms with Gasteiger partial charge in [0, 0.05) is 12.0 Å². The Morgan fingerprint density at radius 3 is 2.37 bits per heavy atom. The van der Waals surface area contributed by atoms with Crippen LogP contribution in [0.4, 0.5) is 8.78 Å². The molecule has 0 bridgehead atoms. The first-order valence-corrected chi connectivity index (χ1v) is 14.6. The van der Waals surface area contributed by atoms with Crippen LogP contribution in [0.5, 0.6) is 0 Å². The molecule has 30 heavy (non-hydrogen) atoms. The lowest BCUT2D eigenvalue weighted by atomic mass is 9.87. The molecular formula is C25H40F2O2Si. The largest absolute Gasteiger partial charge is 0.414 e. The highest BCUT2D eigenvalue weighted by Crippen LogP contribution is 2.58. The molecule has 0 amide bonds. The SMILES string of the molecule is CCCC[C@@H]1[C@H]2C[C@@H](OCc3ccccc3)C(F)(F)[C@H]2C[C@H]1O[Si](C)(C)C(C)(C)C. The van der Waals surface area contributed by atoms with Crippen molar-refractivity contribution in [2.24, 2.45) is 17.8 Å². The minimum absolute atomic E-state index is 0.00194. The van der Waals surface area contributed by atoms with Gasteiger partial charge >= 0.3 is 0 Å². The number of unbranched alkanes of at least 4 members (excludes halogenated alkanes) is 1. The van der Waals surface area contributed by atoms with Crippen molar-refractivity contribution in [1.82, 2.24) is 0 Å². The third kappa shape index (κ3) is 4.83. The second-order valence-corrected chi connectivity index (χ2v) is 15.7. The summed E-state index contributed by atoms with van der Waals surface area (Å²) >= 11 is 0. The summed E-state index contributed by atoms with van der Waals surface area (Å²) in [7, 11) is -2.00. The van der Waals surface area contributed by atoms with Crippen molar-refractivity contribution in [3.63, 3.8) is 0 Å². The predicted octanol–water partition coefficient (Wildman–Crippen LogP) is 7.44. The molecule has 0 unspecified atom stereocenters. The zero-order chi connectivity index (χ0) is 22.2. The lowest BCUT2D eigenvalue weighted by molar-refractivity contribution is -0.147. The summed E-state index contributed by atoms with van der Waals surface area (Å²) in [6.45, 7) is 13.6. The van der Waals surface area contributed by atoms with Gasteiger partial charge in [0.15, 0.2) is 8.32 Å². The van der Waals surface area contributed by atoms with Crippen molar-refractivity contribution in [1.29, 1.82) is 0 Å². The van der Waals surface area contributed by atoms with Crippen molar-refractivity contribution in [2.45, 2.75) is 103 Å². The van der Waals surface area contributed by atoms with Gasteiger partial charge in [-0.3, -0.25) is 0 Å². The normalized spacial score (nSPS) is 31.1. The fourth-order valence-electron chi connectivity index (χ4n) is 5.08. The van der Waals surface area contributed by atoms with Crippen LogP contribution in [0.25, 0.3) is 0 Å². The van der Waals surface area contributed by atoms with Gasteiger partial charge in [-0.2, -0.15) is 0 Å². The molecule has 5 atom stereocenters. The Labute approximate surface area is 182 Å². The molecule has 0 aromatic heterocycles. The van der Waals surface area contributed by atoms with E-state index < -0.39 is 26.3 Å². The number of alkyl halides is 2. The minimum atomic E-state index is -2.78.